The molecular formula is C2H17N3Si4. The molecule has 0 radical (unpaired) electrons. The van der Waals surface area contributed by atoms with Crippen LogP contribution in [0, 0.1) is 0 Å². The van der Waals surface area contributed by atoms with Crippen molar-refractivity contribution in [1.29, 1.82) is 0 Å². The van der Waals surface area contributed by atoms with Crippen LogP contribution in [0.2, 0.25) is 6.55 Å². The molecule has 2 N–H and O–H groups in total. The predicted octanol–water partition coefficient (Wildman–Crippen LogP) is -4.49. The van der Waals surface area contributed by atoms with Crippen LogP contribution in [0.3, 0.4) is 0 Å². The first-order chi connectivity index (χ1) is 4.31. The summed E-state index contributed by atoms with van der Waals surface area (Å²) in [5, 5.41) is 0. The fraction of sp³-hybridized carbons (Fsp3) is 1.00. The quantitative estimate of drug-likeness (QED) is 0.433. The molecule has 0 atom stereocenters. The zero-order chi connectivity index (χ0) is 7.11. The molecule has 0 aliphatic carbocycles. The summed E-state index contributed by atoms with van der Waals surface area (Å²) in [4.78, 5) is 0. The maximum atomic E-state index is 3.55. The van der Waals surface area contributed by atoms with E-state index in [-0.39, 0.29) is 29.4 Å². The topological polar surface area (TPSA) is 27.3 Å². The minimum absolute atomic E-state index is 0.00772. The van der Waals surface area contributed by atoms with Crippen molar-refractivity contribution in [2.45, 2.75) is 6.55 Å². The van der Waals surface area contributed by atoms with Crippen LogP contribution in [0.5, 0.6) is 0 Å². The maximum absolute atomic E-state index is 3.55. The van der Waals surface area contributed by atoms with Gasteiger partial charge in [-0.15, -0.1) is 0 Å². The van der Waals surface area contributed by atoms with Crippen molar-refractivity contribution in [3.8, 4) is 0 Å². The second-order valence-electron chi connectivity index (χ2n) is 2.13. The van der Waals surface area contributed by atoms with E-state index >= 15 is 0 Å². The Balaban J connectivity index is 2.95. The van der Waals surface area contributed by atoms with Crippen molar-refractivity contribution in [2.24, 2.45) is 0 Å². The lowest BCUT2D eigenvalue weighted by Gasteiger charge is -2.14. The molecule has 0 amide bonds. The van der Waals surface area contributed by atoms with E-state index in [0.29, 0.717) is 0 Å². The smallest absolute Gasteiger partial charge is 0.156 e. The molecule has 9 heavy (non-hydrogen) atoms. The molecule has 0 aromatic rings. The molecule has 0 aromatic heterocycles. The number of nitrogens with one attached hydrogen (secondary N) is 2. The first-order valence-electron chi connectivity index (χ1n) is 3.35. The second-order valence-corrected chi connectivity index (χ2v) is 11.4. The van der Waals surface area contributed by atoms with Gasteiger partial charge in [0.05, 0.1) is 20.1 Å². The molecule has 0 aromatic carbocycles. The van der Waals surface area contributed by atoms with Crippen LogP contribution in [0.25, 0.3) is 0 Å². The molecule has 56 valence electrons. The lowest BCUT2D eigenvalue weighted by atomic mass is 11.6. The van der Waals surface area contributed by atoms with Gasteiger partial charge in [-0.05, 0) is 7.05 Å². The van der Waals surface area contributed by atoms with Crippen molar-refractivity contribution < 1.29 is 0 Å². The number of nitrogens with zero attached hydrogens (tertiary/aromatic N) is 1. The third-order valence-corrected chi connectivity index (χ3v) is 7.64. The SMILES string of the molecule is C[SiH2]N[SiH2]N(C)[SiH2]N[SiH3]. The minimum Gasteiger partial charge on any atom is -0.360 e. The largest absolute Gasteiger partial charge is 0.360 e. The minimum atomic E-state index is -0.00881. The van der Waals surface area contributed by atoms with Gasteiger partial charge in [0, 0.05) is 0 Å². The molecule has 0 rings (SSSR count). The van der Waals surface area contributed by atoms with Crippen LogP contribution < -0.4 is 9.30 Å². The summed E-state index contributed by atoms with van der Waals surface area (Å²) in [5.74, 6) is 0. The molecule has 0 fully saturated rings. The number of rotatable bonds is 5. The van der Waals surface area contributed by atoms with Gasteiger partial charge in [0.15, 0.2) is 19.7 Å². The molecule has 3 nitrogen and oxygen atoms in total. The van der Waals surface area contributed by atoms with Gasteiger partial charge in [-0.25, -0.2) is 0 Å². The lowest BCUT2D eigenvalue weighted by Crippen LogP contribution is -2.43. The summed E-state index contributed by atoms with van der Waals surface area (Å²) >= 11 is 0. The average Bonchev–Trinajstić information content (AvgIpc) is 1.85. The van der Waals surface area contributed by atoms with E-state index in [2.05, 4.69) is 27.1 Å². The highest BCUT2D eigenvalue weighted by Gasteiger charge is 1.92. The highest BCUT2D eigenvalue weighted by atomic mass is 28.3. The number of hydrogen-bond acceptors (Lipinski definition) is 3. The standard InChI is InChI=1S/C2H17N3Si4/c1-5(8-3-6)9-4-7-2/h3-4H,7-9H2,1-2,6H3. The molecule has 0 saturated carbocycles. The Morgan fingerprint density at radius 2 is 2.11 bits per heavy atom. The first-order valence-corrected chi connectivity index (χ1v) is 9.15. The zero-order valence-corrected chi connectivity index (χ0v) is 12.8. The van der Waals surface area contributed by atoms with Gasteiger partial charge in [-0.2, -0.15) is 0 Å². The summed E-state index contributed by atoms with van der Waals surface area (Å²) < 4.78 is 9.45. The highest BCUT2D eigenvalue weighted by Crippen LogP contribution is 1.64. The summed E-state index contributed by atoms with van der Waals surface area (Å²) in [6.07, 6.45) is 0. The van der Waals surface area contributed by atoms with Gasteiger partial charge < -0.3 is 13.5 Å². The first kappa shape index (κ1) is 9.75. The average molecular weight is 196 g/mol. The highest BCUT2D eigenvalue weighted by molar-refractivity contribution is 6.56. The van der Waals surface area contributed by atoms with Gasteiger partial charge in [0.2, 0.25) is 0 Å². The van der Waals surface area contributed by atoms with Crippen molar-refractivity contribution >= 4 is 39.8 Å². The van der Waals surface area contributed by atoms with Crippen LogP contribution in [0.4, 0.5) is 0 Å². The van der Waals surface area contributed by atoms with Crippen LogP contribution in [0.1, 0.15) is 0 Å². The van der Waals surface area contributed by atoms with Gasteiger partial charge in [-0.3, -0.25) is 0 Å². The van der Waals surface area contributed by atoms with E-state index in [0.717, 1.165) is 0 Å². The van der Waals surface area contributed by atoms with Crippen LogP contribution in [0.15, 0.2) is 0 Å². The van der Waals surface area contributed by atoms with Gasteiger partial charge >= 0.3 is 0 Å². The zero-order valence-electron chi connectivity index (χ0n) is 6.57. The summed E-state index contributed by atoms with van der Waals surface area (Å²) in [6.45, 7) is 2.30. The Labute approximate surface area is 67.3 Å². The van der Waals surface area contributed by atoms with E-state index in [1.54, 1.807) is 0 Å². The van der Waals surface area contributed by atoms with E-state index in [4.69, 9.17) is 0 Å². The third kappa shape index (κ3) is 6.64. The molecule has 7 heteroatoms. The summed E-state index contributed by atoms with van der Waals surface area (Å²) in [5.41, 5.74) is 0. The molecule has 0 aliphatic rings. The van der Waals surface area contributed by atoms with Crippen molar-refractivity contribution in [3.63, 3.8) is 0 Å². The van der Waals surface area contributed by atoms with Crippen LogP contribution in [-0.2, 0) is 0 Å². The fourth-order valence-corrected chi connectivity index (χ4v) is 9.09. The van der Waals surface area contributed by atoms with Crippen molar-refractivity contribution in [3.05, 3.63) is 0 Å². The molecular weight excluding hydrogens is 178 g/mol. The van der Waals surface area contributed by atoms with Crippen molar-refractivity contribution in [2.75, 3.05) is 7.05 Å². The Bertz CT molecular complexity index is 61.8. The van der Waals surface area contributed by atoms with Gasteiger partial charge in [0.1, 0.15) is 0 Å². The molecule has 0 unspecified atom stereocenters. The lowest BCUT2D eigenvalue weighted by molar-refractivity contribution is 0.826. The molecule has 0 heterocycles. The maximum Gasteiger partial charge on any atom is 0.156 e. The molecule has 0 spiro atoms. The Kier molecular flexibility index (Phi) is 7.43. The normalized spacial score (nSPS) is 15.0. The molecule has 0 saturated heterocycles. The van der Waals surface area contributed by atoms with E-state index in [1.807, 2.05) is 0 Å². The van der Waals surface area contributed by atoms with E-state index in [1.165, 1.54) is 10.4 Å². The van der Waals surface area contributed by atoms with E-state index < -0.39 is 0 Å². The Morgan fingerprint density at radius 3 is 2.56 bits per heavy atom. The second kappa shape index (κ2) is 6.86. The third-order valence-electron chi connectivity index (χ3n) is 1.06. The van der Waals surface area contributed by atoms with Crippen LogP contribution in [-0.4, -0.2) is 51.0 Å². The molecule has 0 aliphatic heterocycles. The predicted molar refractivity (Wildman–Crippen MR) is 55.5 cm³/mol. The van der Waals surface area contributed by atoms with Crippen LogP contribution >= 0.6 is 0 Å². The summed E-state index contributed by atoms with van der Waals surface area (Å²) in [7, 11) is 3.52. The fourth-order valence-electron chi connectivity index (χ4n) is 0.628. The Morgan fingerprint density at radius 1 is 1.44 bits per heavy atom. The van der Waals surface area contributed by atoms with E-state index in [9.17, 15) is 0 Å². The van der Waals surface area contributed by atoms with Gasteiger partial charge in [0.25, 0.3) is 0 Å². The Hall–Kier alpha value is 0.748. The monoisotopic (exact) mass is 195 g/mol. The van der Waals surface area contributed by atoms with Gasteiger partial charge in [-0.1, -0.05) is 6.55 Å². The molecule has 0 bridgehead atoms. The van der Waals surface area contributed by atoms with Crippen molar-refractivity contribution in [1.82, 2.24) is 13.5 Å². The summed E-state index contributed by atoms with van der Waals surface area (Å²) in [6, 6.07) is 0. The number of hydrogen-bond donors (Lipinski definition) is 2.